The molecule has 3 aromatic rings. The van der Waals surface area contributed by atoms with E-state index in [4.69, 9.17) is 5.73 Å². The molecule has 94 valence electrons. The van der Waals surface area contributed by atoms with E-state index in [0.717, 1.165) is 32.2 Å². The van der Waals surface area contributed by atoms with Gasteiger partial charge in [0.15, 0.2) is 0 Å². The summed E-state index contributed by atoms with van der Waals surface area (Å²) in [5, 5.41) is 1.90. The van der Waals surface area contributed by atoms with Crippen molar-refractivity contribution >= 4 is 28.4 Å². The van der Waals surface area contributed by atoms with Crippen LogP contribution < -0.4 is 5.73 Å². The standard InChI is InChI=1S/C14H12N4S/c1-9-6-13(19-14-8-16-4-5-17-14)11-7-10(15)2-3-12(11)18-9/h2-8H,15H2,1H3. The van der Waals surface area contributed by atoms with Gasteiger partial charge in [0.05, 0.1) is 11.7 Å². The molecule has 4 nitrogen and oxygen atoms in total. The average Bonchev–Trinajstić information content (AvgIpc) is 2.41. The average molecular weight is 268 g/mol. The summed E-state index contributed by atoms with van der Waals surface area (Å²) in [5.74, 6) is 0. The number of nitrogen functional groups attached to an aromatic ring is 1. The smallest absolute Gasteiger partial charge is 0.119 e. The number of pyridine rings is 1. The molecule has 0 aliphatic rings. The van der Waals surface area contributed by atoms with Crippen LogP contribution in [0, 0.1) is 6.92 Å². The number of hydrogen-bond acceptors (Lipinski definition) is 5. The number of fused-ring (bicyclic) bond motifs is 1. The van der Waals surface area contributed by atoms with Crippen molar-refractivity contribution in [1.82, 2.24) is 15.0 Å². The highest BCUT2D eigenvalue weighted by molar-refractivity contribution is 7.99. The van der Waals surface area contributed by atoms with Gasteiger partial charge in [-0.2, -0.15) is 0 Å². The molecule has 0 fully saturated rings. The summed E-state index contributed by atoms with van der Waals surface area (Å²) >= 11 is 1.57. The van der Waals surface area contributed by atoms with Gasteiger partial charge < -0.3 is 5.73 Å². The summed E-state index contributed by atoms with van der Waals surface area (Å²) in [4.78, 5) is 14.0. The van der Waals surface area contributed by atoms with E-state index in [0.29, 0.717) is 0 Å². The van der Waals surface area contributed by atoms with Crippen molar-refractivity contribution in [3.05, 3.63) is 48.5 Å². The van der Waals surface area contributed by atoms with Gasteiger partial charge in [-0.1, -0.05) is 11.8 Å². The van der Waals surface area contributed by atoms with E-state index in [1.165, 1.54) is 0 Å². The maximum absolute atomic E-state index is 5.86. The molecule has 3 rings (SSSR count). The summed E-state index contributed by atoms with van der Waals surface area (Å²) in [6.45, 7) is 1.98. The Bertz CT molecular complexity index is 728. The van der Waals surface area contributed by atoms with Gasteiger partial charge in [0.25, 0.3) is 0 Å². The number of rotatable bonds is 2. The third kappa shape index (κ3) is 2.51. The summed E-state index contributed by atoms with van der Waals surface area (Å²) in [6, 6.07) is 7.80. The largest absolute Gasteiger partial charge is 0.399 e. The monoisotopic (exact) mass is 268 g/mol. The fourth-order valence-corrected chi connectivity index (χ4v) is 2.83. The van der Waals surface area contributed by atoms with E-state index in [2.05, 4.69) is 15.0 Å². The molecular formula is C14H12N4S. The lowest BCUT2D eigenvalue weighted by molar-refractivity contribution is 1.05. The van der Waals surface area contributed by atoms with E-state index >= 15 is 0 Å². The third-order valence-electron chi connectivity index (χ3n) is 2.68. The minimum atomic E-state index is 0.735. The van der Waals surface area contributed by atoms with E-state index in [1.807, 2.05) is 31.2 Å². The second-order valence-electron chi connectivity index (χ2n) is 4.18. The number of nitrogens with zero attached hydrogens (tertiary/aromatic N) is 3. The number of anilines is 1. The van der Waals surface area contributed by atoms with Crippen LogP contribution in [0.3, 0.4) is 0 Å². The van der Waals surface area contributed by atoms with Gasteiger partial charge in [0.1, 0.15) is 5.03 Å². The van der Waals surface area contributed by atoms with Crippen molar-refractivity contribution in [2.75, 3.05) is 5.73 Å². The molecule has 0 radical (unpaired) electrons. The lowest BCUT2D eigenvalue weighted by Gasteiger charge is -2.07. The van der Waals surface area contributed by atoms with Crippen LogP contribution in [0.5, 0.6) is 0 Å². The quantitative estimate of drug-likeness (QED) is 0.724. The van der Waals surface area contributed by atoms with E-state index in [-0.39, 0.29) is 0 Å². The van der Waals surface area contributed by atoms with Crippen LogP contribution >= 0.6 is 11.8 Å². The Hall–Kier alpha value is -2.14. The lowest BCUT2D eigenvalue weighted by Crippen LogP contribution is -1.90. The maximum Gasteiger partial charge on any atom is 0.119 e. The second kappa shape index (κ2) is 4.85. The highest BCUT2D eigenvalue weighted by Crippen LogP contribution is 2.32. The van der Waals surface area contributed by atoms with Crippen LogP contribution in [0.2, 0.25) is 0 Å². The molecule has 0 aliphatic carbocycles. The van der Waals surface area contributed by atoms with Crippen LogP contribution in [0.1, 0.15) is 5.69 Å². The molecule has 1 aromatic carbocycles. The second-order valence-corrected chi connectivity index (χ2v) is 5.25. The molecule has 0 aliphatic heterocycles. The fourth-order valence-electron chi connectivity index (χ4n) is 1.87. The minimum Gasteiger partial charge on any atom is -0.399 e. The van der Waals surface area contributed by atoms with Gasteiger partial charge in [-0.05, 0) is 31.2 Å². The third-order valence-corrected chi connectivity index (χ3v) is 3.65. The molecular weight excluding hydrogens is 256 g/mol. The van der Waals surface area contributed by atoms with Crippen molar-refractivity contribution in [1.29, 1.82) is 0 Å². The van der Waals surface area contributed by atoms with Gasteiger partial charge in [-0.3, -0.25) is 9.97 Å². The summed E-state index contributed by atoms with van der Waals surface area (Å²) in [6.07, 6.45) is 5.10. The van der Waals surface area contributed by atoms with Gasteiger partial charge in [-0.25, -0.2) is 4.98 Å². The van der Waals surface area contributed by atoms with Crippen molar-refractivity contribution in [3.8, 4) is 0 Å². The Kier molecular flexibility index (Phi) is 3.05. The van der Waals surface area contributed by atoms with Crippen LogP contribution in [-0.2, 0) is 0 Å². The van der Waals surface area contributed by atoms with Crippen LogP contribution in [0.4, 0.5) is 5.69 Å². The Morgan fingerprint density at radius 1 is 1.16 bits per heavy atom. The number of hydrogen-bond donors (Lipinski definition) is 1. The molecule has 0 amide bonds. The van der Waals surface area contributed by atoms with Gasteiger partial charge >= 0.3 is 0 Å². The van der Waals surface area contributed by atoms with Crippen LogP contribution in [0.25, 0.3) is 10.9 Å². The van der Waals surface area contributed by atoms with E-state index in [9.17, 15) is 0 Å². The Balaban J connectivity index is 2.14. The fraction of sp³-hybridized carbons (Fsp3) is 0.0714. The molecule has 0 spiro atoms. The van der Waals surface area contributed by atoms with Gasteiger partial charge in [0.2, 0.25) is 0 Å². The van der Waals surface area contributed by atoms with Crippen molar-refractivity contribution in [3.63, 3.8) is 0 Å². The Morgan fingerprint density at radius 3 is 2.84 bits per heavy atom. The molecule has 2 aromatic heterocycles. The molecule has 2 heterocycles. The zero-order valence-corrected chi connectivity index (χ0v) is 11.2. The molecule has 0 unspecified atom stereocenters. The summed E-state index contributed by atoms with van der Waals surface area (Å²) < 4.78 is 0. The number of nitrogens with two attached hydrogens (primary N) is 1. The molecule has 0 atom stereocenters. The molecule has 0 bridgehead atoms. The summed E-state index contributed by atoms with van der Waals surface area (Å²) in [5.41, 5.74) is 8.52. The predicted octanol–water partition coefficient (Wildman–Crippen LogP) is 3.07. The molecule has 0 saturated heterocycles. The molecule has 2 N–H and O–H groups in total. The molecule has 0 saturated carbocycles. The SMILES string of the molecule is Cc1cc(Sc2cnccn2)c2cc(N)ccc2n1. The van der Waals surface area contributed by atoms with Crippen molar-refractivity contribution in [2.24, 2.45) is 0 Å². The zero-order valence-electron chi connectivity index (χ0n) is 10.4. The molecule has 5 heteroatoms. The van der Waals surface area contributed by atoms with E-state index in [1.54, 1.807) is 30.4 Å². The number of aromatic nitrogens is 3. The van der Waals surface area contributed by atoms with Crippen LogP contribution in [-0.4, -0.2) is 15.0 Å². The van der Waals surface area contributed by atoms with Gasteiger partial charge in [-0.15, -0.1) is 0 Å². The van der Waals surface area contributed by atoms with Crippen LogP contribution in [0.15, 0.2) is 52.8 Å². The lowest BCUT2D eigenvalue weighted by atomic mass is 10.2. The predicted molar refractivity (Wildman–Crippen MR) is 77.0 cm³/mol. The van der Waals surface area contributed by atoms with Crippen molar-refractivity contribution < 1.29 is 0 Å². The van der Waals surface area contributed by atoms with Gasteiger partial charge in [0, 0.05) is 34.1 Å². The minimum absolute atomic E-state index is 0.735. The Labute approximate surface area is 115 Å². The first-order valence-electron chi connectivity index (χ1n) is 5.83. The van der Waals surface area contributed by atoms with E-state index < -0.39 is 0 Å². The first-order valence-corrected chi connectivity index (χ1v) is 6.65. The zero-order chi connectivity index (χ0) is 13.2. The highest BCUT2D eigenvalue weighted by atomic mass is 32.2. The first kappa shape index (κ1) is 11.9. The highest BCUT2D eigenvalue weighted by Gasteiger charge is 2.07. The molecule has 19 heavy (non-hydrogen) atoms. The maximum atomic E-state index is 5.86. The number of aryl methyl sites for hydroxylation is 1. The summed E-state index contributed by atoms with van der Waals surface area (Å²) in [7, 11) is 0. The number of benzene rings is 1. The topological polar surface area (TPSA) is 64.7 Å². The normalized spacial score (nSPS) is 10.8. The first-order chi connectivity index (χ1) is 9.22. The van der Waals surface area contributed by atoms with Crippen molar-refractivity contribution in [2.45, 2.75) is 16.8 Å². The Morgan fingerprint density at radius 2 is 2.05 bits per heavy atom.